The summed E-state index contributed by atoms with van der Waals surface area (Å²) in [5, 5.41) is 16.5. The molecule has 0 amide bonds. The van der Waals surface area contributed by atoms with E-state index < -0.39 is 18.0 Å². The van der Waals surface area contributed by atoms with Gasteiger partial charge < -0.3 is 5.11 Å². The first-order chi connectivity index (χ1) is 10.1. The molecule has 0 saturated heterocycles. The zero-order chi connectivity index (χ0) is 17.1. The molecule has 0 aliphatic carbocycles. The van der Waals surface area contributed by atoms with E-state index in [1.54, 1.807) is 0 Å². The van der Waals surface area contributed by atoms with E-state index >= 15 is 0 Å². The number of carbonyl (C=O) groups is 1. The average molecular weight is 355 g/mol. The van der Waals surface area contributed by atoms with Crippen LogP contribution >= 0.6 is 23.2 Å². The number of alkyl halides is 3. The molecule has 0 aliphatic rings. The first-order valence-corrected chi connectivity index (χ1v) is 5.97. The lowest BCUT2D eigenvalue weighted by Gasteiger charge is -2.01. The van der Waals surface area contributed by atoms with Crippen LogP contribution in [0.1, 0.15) is 5.56 Å². The Morgan fingerprint density at radius 2 is 1.82 bits per heavy atom. The minimum Gasteiger partial charge on any atom is -0.475 e. The standard InChI is InChI=1S/C10H3Cl2FN2.C2HF3O2/c11-7-2-5-1-6(4-14)10(12)15-9(5)8(13)3-7;3-2(4,5)1(6)7/h1-3H;(H,6,7). The Kier molecular flexibility index (Phi) is 5.52. The summed E-state index contributed by atoms with van der Waals surface area (Å²) in [4.78, 5) is 12.7. The van der Waals surface area contributed by atoms with E-state index in [-0.39, 0.29) is 21.3 Å². The van der Waals surface area contributed by atoms with Crippen molar-refractivity contribution in [1.29, 1.82) is 5.26 Å². The van der Waals surface area contributed by atoms with Crippen LogP contribution in [0.25, 0.3) is 10.9 Å². The zero-order valence-electron chi connectivity index (χ0n) is 10.2. The van der Waals surface area contributed by atoms with Crippen LogP contribution in [0.2, 0.25) is 10.2 Å². The van der Waals surface area contributed by atoms with Crippen LogP contribution in [0, 0.1) is 17.1 Å². The highest BCUT2D eigenvalue weighted by Gasteiger charge is 2.38. The molecule has 0 saturated carbocycles. The summed E-state index contributed by atoms with van der Waals surface area (Å²) >= 11 is 11.4. The van der Waals surface area contributed by atoms with Crippen LogP contribution in [0.4, 0.5) is 17.6 Å². The first kappa shape index (κ1) is 17.9. The number of nitriles is 1. The molecular weight excluding hydrogens is 351 g/mol. The van der Waals surface area contributed by atoms with Crippen LogP contribution in [0.15, 0.2) is 18.2 Å². The van der Waals surface area contributed by atoms with Gasteiger partial charge in [-0.25, -0.2) is 14.2 Å². The molecule has 1 aromatic heterocycles. The molecule has 0 fully saturated rings. The second-order valence-electron chi connectivity index (χ2n) is 3.70. The largest absolute Gasteiger partial charge is 0.490 e. The molecule has 0 radical (unpaired) electrons. The highest BCUT2D eigenvalue weighted by molar-refractivity contribution is 6.32. The number of carboxylic acid groups (broad SMARTS) is 1. The van der Waals surface area contributed by atoms with Gasteiger partial charge in [0, 0.05) is 10.4 Å². The molecule has 0 spiro atoms. The normalized spacial score (nSPS) is 10.6. The van der Waals surface area contributed by atoms with Crippen LogP contribution in [-0.4, -0.2) is 22.2 Å². The number of benzene rings is 1. The maximum Gasteiger partial charge on any atom is 0.490 e. The molecule has 0 aliphatic heterocycles. The lowest BCUT2D eigenvalue weighted by molar-refractivity contribution is -0.192. The van der Waals surface area contributed by atoms with Gasteiger partial charge in [-0.1, -0.05) is 23.2 Å². The summed E-state index contributed by atoms with van der Waals surface area (Å²) in [7, 11) is 0. The van der Waals surface area contributed by atoms with Gasteiger partial charge in [0.25, 0.3) is 0 Å². The fourth-order valence-corrected chi connectivity index (χ4v) is 1.66. The number of hydrogen-bond acceptors (Lipinski definition) is 3. The predicted molar refractivity (Wildman–Crippen MR) is 70.1 cm³/mol. The number of aromatic nitrogens is 1. The van der Waals surface area contributed by atoms with E-state index in [0.29, 0.717) is 5.39 Å². The third-order valence-corrected chi connectivity index (χ3v) is 2.66. The second-order valence-corrected chi connectivity index (χ2v) is 4.50. The van der Waals surface area contributed by atoms with E-state index in [1.807, 2.05) is 6.07 Å². The number of nitrogens with zero attached hydrogens (tertiary/aromatic N) is 2. The van der Waals surface area contributed by atoms with Crippen LogP contribution in [-0.2, 0) is 4.79 Å². The fourth-order valence-electron chi connectivity index (χ4n) is 1.27. The molecule has 10 heteroatoms. The Morgan fingerprint density at radius 1 is 1.27 bits per heavy atom. The van der Waals surface area contributed by atoms with Gasteiger partial charge in [-0.2, -0.15) is 18.4 Å². The number of fused-ring (bicyclic) bond motifs is 1. The number of carboxylic acids is 1. The molecule has 116 valence electrons. The van der Waals surface area contributed by atoms with E-state index in [0.717, 1.165) is 6.07 Å². The van der Waals surface area contributed by atoms with Crippen molar-refractivity contribution in [2.24, 2.45) is 0 Å². The topological polar surface area (TPSA) is 74.0 Å². The van der Waals surface area contributed by atoms with Crippen molar-refractivity contribution < 1.29 is 27.5 Å². The van der Waals surface area contributed by atoms with Crippen molar-refractivity contribution in [1.82, 2.24) is 4.98 Å². The minimum atomic E-state index is -5.08. The third-order valence-electron chi connectivity index (χ3n) is 2.15. The van der Waals surface area contributed by atoms with Gasteiger partial charge in [-0.15, -0.1) is 0 Å². The molecule has 22 heavy (non-hydrogen) atoms. The summed E-state index contributed by atoms with van der Waals surface area (Å²) in [5.41, 5.74) is 0.314. The quantitative estimate of drug-likeness (QED) is 0.568. The molecule has 2 rings (SSSR count). The third kappa shape index (κ3) is 4.44. The number of pyridine rings is 1. The molecule has 4 nitrogen and oxygen atoms in total. The highest BCUT2D eigenvalue weighted by Crippen LogP contribution is 2.25. The van der Waals surface area contributed by atoms with Gasteiger partial charge in [0.15, 0.2) is 5.82 Å². The summed E-state index contributed by atoms with van der Waals surface area (Å²) in [5.74, 6) is -3.31. The van der Waals surface area contributed by atoms with Crippen molar-refractivity contribution in [3.05, 3.63) is 39.8 Å². The first-order valence-electron chi connectivity index (χ1n) is 5.21. The van der Waals surface area contributed by atoms with E-state index in [2.05, 4.69) is 4.98 Å². The lowest BCUT2D eigenvalue weighted by atomic mass is 10.1. The van der Waals surface area contributed by atoms with Crippen LogP contribution < -0.4 is 0 Å². The van der Waals surface area contributed by atoms with Crippen molar-refractivity contribution in [3.8, 4) is 6.07 Å². The minimum absolute atomic E-state index is 0.00813. The van der Waals surface area contributed by atoms with Crippen molar-refractivity contribution >= 4 is 40.1 Å². The van der Waals surface area contributed by atoms with E-state index in [9.17, 15) is 17.6 Å². The van der Waals surface area contributed by atoms with Gasteiger partial charge in [0.2, 0.25) is 0 Å². The Bertz CT molecular complexity index is 772. The van der Waals surface area contributed by atoms with Crippen LogP contribution in [0.3, 0.4) is 0 Å². The summed E-state index contributed by atoms with van der Waals surface area (Å²) in [6, 6.07) is 6.01. The summed E-state index contributed by atoms with van der Waals surface area (Å²) in [6.45, 7) is 0. The number of rotatable bonds is 0. The Morgan fingerprint density at radius 3 is 2.27 bits per heavy atom. The Labute approximate surface area is 130 Å². The lowest BCUT2D eigenvalue weighted by Crippen LogP contribution is -2.21. The van der Waals surface area contributed by atoms with Crippen molar-refractivity contribution in [2.75, 3.05) is 0 Å². The summed E-state index contributed by atoms with van der Waals surface area (Å²) in [6.07, 6.45) is -5.08. The molecule has 2 aromatic rings. The monoisotopic (exact) mass is 354 g/mol. The summed E-state index contributed by atoms with van der Waals surface area (Å²) < 4.78 is 45.1. The zero-order valence-corrected chi connectivity index (χ0v) is 11.8. The molecule has 1 aromatic carbocycles. The Hall–Kier alpha value is -2.11. The number of aliphatic carboxylic acids is 1. The van der Waals surface area contributed by atoms with Gasteiger partial charge in [-0.05, 0) is 18.2 Å². The van der Waals surface area contributed by atoms with Gasteiger partial charge in [-0.3, -0.25) is 0 Å². The average Bonchev–Trinajstić information content (AvgIpc) is 2.38. The smallest absolute Gasteiger partial charge is 0.475 e. The molecule has 0 bridgehead atoms. The fraction of sp³-hybridized carbons (Fsp3) is 0.0833. The van der Waals surface area contributed by atoms with E-state index in [4.69, 9.17) is 38.4 Å². The molecule has 0 unspecified atom stereocenters. The number of hydrogen-bond donors (Lipinski definition) is 1. The maximum absolute atomic E-state index is 13.4. The van der Waals surface area contributed by atoms with Gasteiger partial charge in [0.05, 0.1) is 5.56 Å². The van der Waals surface area contributed by atoms with E-state index in [1.165, 1.54) is 12.1 Å². The molecule has 0 atom stereocenters. The SMILES string of the molecule is N#Cc1cc2cc(Cl)cc(F)c2nc1Cl.O=C(O)C(F)(F)F. The molecular formula is C12H4Cl2F4N2O2. The maximum atomic E-state index is 13.4. The molecule has 1 N–H and O–H groups in total. The molecule has 1 heterocycles. The second kappa shape index (κ2) is 6.77. The number of halogens is 6. The van der Waals surface area contributed by atoms with Gasteiger partial charge >= 0.3 is 12.1 Å². The predicted octanol–water partition coefficient (Wildman–Crippen LogP) is 4.19. The van der Waals surface area contributed by atoms with Crippen molar-refractivity contribution in [3.63, 3.8) is 0 Å². The van der Waals surface area contributed by atoms with Crippen molar-refractivity contribution in [2.45, 2.75) is 6.18 Å². The Balaban J connectivity index is 0.000000295. The van der Waals surface area contributed by atoms with Crippen LogP contribution in [0.5, 0.6) is 0 Å². The van der Waals surface area contributed by atoms with Gasteiger partial charge in [0.1, 0.15) is 16.7 Å². The highest BCUT2D eigenvalue weighted by atomic mass is 35.5.